The number of aromatic nitrogens is 1. The fourth-order valence-electron chi connectivity index (χ4n) is 3.00. The number of carbonyl (C=O) groups excluding carboxylic acids is 2. The first-order chi connectivity index (χ1) is 12.3. The molecule has 0 aliphatic rings. The molecule has 0 saturated carbocycles. The standard InChI is InChI=1S/C19H16ClFN2O3/c1-10-13(9-16(25)22-2)17-14(6-7-15(24)18(17)21)23(10)19(26)11-4-3-5-12(20)8-11/h3-8,24H,9H2,1-2H3,(H,22,25). The highest BCUT2D eigenvalue weighted by Crippen LogP contribution is 2.33. The molecule has 0 fully saturated rings. The number of benzene rings is 2. The third kappa shape index (κ3) is 2.93. The van der Waals surface area contributed by atoms with Crippen LogP contribution in [-0.2, 0) is 11.2 Å². The Labute approximate surface area is 154 Å². The topological polar surface area (TPSA) is 71.3 Å². The molecule has 0 bridgehead atoms. The minimum Gasteiger partial charge on any atom is -0.505 e. The van der Waals surface area contributed by atoms with Crippen LogP contribution in [0.15, 0.2) is 36.4 Å². The fourth-order valence-corrected chi connectivity index (χ4v) is 3.19. The Hall–Kier alpha value is -2.86. The number of phenolic OH excluding ortho intramolecular Hbond substituents is 1. The monoisotopic (exact) mass is 374 g/mol. The Kier molecular flexibility index (Phi) is 4.70. The van der Waals surface area contributed by atoms with Crippen molar-refractivity contribution in [3.63, 3.8) is 0 Å². The maximum Gasteiger partial charge on any atom is 0.262 e. The molecular formula is C19H16ClFN2O3. The van der Waals surface area contributed by atoms with Gasteiger partial charge in [0.25, 0.3) is 5.91 Å². The quantitative estimate of drug-likeness (QED) is 0.737. The highest BCUT2D eigenvalue weighted by molar-refractivity contribution is 6.31. The minimum absolute atomic E-state index is 0.0569. The second kappa shape index (κ2) is 6.80. The van der Waals surface area contributed by atoms with Gasteiger partial charge in [0, 0.05) is 28.7 Å². The van der Waals surface area contributed by atoms with Crippen molar-refractivity contribution in [1.82, 2.24) is 9.88 Å². The molecule has 0 unspecified atom stereocenters. The molecule has 0 aliphatic heterocycles. The number of halogens is 2. The van der Waals surface area contributed by atoms with Crippen molar-refractivity contribution in [2.75, 3.05) is 7.05 Å². The van der Waals surface area contributed by atoms with E-state index in [2.05, 4.69) is 5.32 Å². The lowest BCUT2D eigenvalue weighted by Crippen LogP contribution is -2.21. The summed E-state index contributed by atoms with van der Waals surface area (Å²) < 4.78 is 15.9. The molecule has 26 heavy (non-hydrogen) atoms. The van der Waals surface area contributed by atoms with E-state index in [9.17, 15) is 19.1 Å². The summed E-state index contributed by atoms with van der Waals surface area (Å²) in [5.74, 6) is -2.13. The van der Waals surface area contributed by atoms with Crippen LogP contribution in [0.1, 0.15) is 21.6 Å². The predicted octanol–water partition coefficient (Wildman–Crippen LogP) is 3.42. The van der Waals surface area contributed by atoms with E-state index in [0.717, 1.165) is 0 Å². The lowest BCUT2D eigenvalue weighted by atomic mass is 10.1. The van der Waals surface area contributed by atoms with Crippen molar-refractivity contribution in [2.45, 2.75) is 13.3 Å². The number of amides is 1. The molecule has 3 aromatic rings. The van der Waals surface area contributed by atoms with Crippen molar-refractivity contribution in [1.29, 1.82) is 0 Å². The van der Waals surface area contributed by atoms with Gasteiger partial charge in [0.1, 0.15) is 0 Å². The van der Waals surface area contributed by atoms with Crippen molar-refractivity contribution in [3.05, 3.63) is 64.1 Å². The van der Waals surface area contributed by atoms with E-state index in [1.807, 2.05) is 0 Å². The zero-order chi connectivity index (χ0) is 19.0. The SMILES string of the molecule is CNC(=O)Cc1c(C)n(C(=O)c2cccc(Cl)c2)c2ccc(O)c(F)c12. The lowest BCUT2D eigenvalue weighted by molar-refractivity contribution is -0.119. The Balaban J connectivity index is 2.29. The third-order valence-corrected chi connectivity index (χ3v) is 4.54. The summed E-state index contributed by atoms with van der Waals surface area (Å²) >= 11 is 5.97. The zero-order valence-corrected chi connectivity index (χ0v) is 14.9. The molecule has 7 heteroatoms. The first-order valence-corrected chi connectivity index (χ1v) is 8.25. The molecule has 0 aliphatic carbocycles. The zero-order valence-electron chi connectivity index (χ0n) is 14.1. The van der Waals surface area contributed by atoms with E-state index in [1.165, 1.54) is 29.8 Å². The first kappa shape index (κ1) is 17.9. The maximum atomic E-state index is 14.6. The highest BCUT2D eigenvalue weighted by atomic mass is 35.5. The minimum atomic E-state index is -0.859. The average molecular weight is 375 g/mol. The number of carbonyl (C=O) groups is 2. The Bertz CT molecular complexity index is 1040. The van der Waals surface area contributed by atoms with E-state index >= 15 is 0 Å². The lowest BCUT2D eigenvalue weighted by Gasteiger charge is -2.08. The van der Waals surface area contributed by atoms with Crippen molar-refractivity contribution in [2.24, 2.45) is 0 Å². The number of fused-ring (bicyclic) bond motifs is 1. The molecular weight excluding hydrogens is 359 g/mol. The van der Waals surface area contributed by atoms with Crippen molar-refractivity contribution < 1.29 is 19.1 Å². The fraction of sp³-hybridized carbons (Fsp3) is 0.158. The summed E-state index contributed by atoms with van der Waals surface area (Å²) in [7, 11) is 1.47. The van der Waals surface area contributed by atoms with Gasteiger partial charge in [-0.25, -0.2) is 4.39 Å². The number of aromatic hydroxyl groups is 1. The van der Waals surface area contributed by atoms with Crippen LogP contribution >= 0.6 is 11.6 Å². The van der Waals surface area contributed by atoms with Crippen LogP contribution in [0.5, 0.6) is 5.75 Å². The number of hydrogen-bond acceptors (Lipinski definition) is 3. The summed E-state index contributed by atoms with van der Waals surface area (Å²) in [5.41, 5.74) is 1.39. The van der Waals surface area contributed by atoms with Crippen LogP contribution in [0, 0.1) is 12.7 Å². The molecule has 5 nitrogen and oxygen atoms in total. The summed E-state index contributed by atoms with van der Waals surface area (Å²) in [4.78, 5) is 24.9. The molecule has 134 valence electrons. The second-order valence-electron chi connectivity index (χ2n) is 5.86. The van der Waals surface area contributed by atoms with Crippen LogP contribution in [0.25, 0.3) is 10.9 Å². The third-order valence-electron chi connectivity index (χ3n) is 4.31. The molecule has 2 N–H and O–H groups in total. The van der Waals surface area contributed by atoms with E-state index in [1.54, 1.807) is 25.1 Å². The average Bonchev–Trinajstić information content (AvgIpc) is 2.90. The Morgan fingerprint density at radius 1 is 1.27 bits per heavy atom. The summed E-state index contributed by atoms with van der Waals surface area (Å²) in [6.45, 7) is 1.64. The summed E-state index contributed by atoms with van der Waals surface area (Å²) in [6, 6.07) is 9.06. The summed E-state index contributed by atoms with van der Waals surface area (Å²) in [5, 5.41) is 12.7. The molecule has 1 aromatic heterocycles. The number of nitrogens with one attached hydrogen (secondary N) is 1. The van der Waals surface area contributed by atoms with Crippen molar-refractivity contribution in [3.8, 4) is 5.75 Å². The van der Waals surface area contributed by atoms with Gasteiger partial charge < -0.3 is 10.4 Å². The Morgan fingerprint density at radius 3 is 2.65 bits per heavy atom. The molecule has 0 atom stereocenters. The molecule has 1 amide bonds. The predicted molar refractivity (Wildman–Crippen MR) is 97.2 cm³/mol. The number of nitrogens with zero attached hydrogens (tertiary/aromatic N) is 1. The van der Waals surface area contributed by atoms with Crippen LogP contribution < -0.4 is 5.32 Å². The van der Waals surface area contributed by atoms with Gasteiger partial charge in [-0.1, -0.05) is 17.7 Å². The van der Waals surface area contributed by atoms with E-state index in [-0.39, 0.29) is 23.2 Å². The van der Waals surface area contributed by atoms with Crippen LogP contribution in [-0.4, -0.2) is 28.5 Å². The number of hydrogen-bond donors (Lipinski definition) is 2. The maximum absolute atomic E-state index is 14.6. The van der Waals surface area contributed by atoms with Gasteiger partial charge in [0.05, 0.1) is 11.9 Å². The first-order valence-electron chi connectivity index (χ1n) is 7.87. The molecule has 1 heterocycles. The van der Waals surface area contributed by atoms with E-state index < -0.39 is 17.5 Å². The molecule has 2 aromatic carbocycles. The van der Waals surface area contributed by atoms with Gasteiger partial charge in [-0.2, -0.15) is 0 Å². The van der Waals surface area contributed by atoms with Crippen LogP contribution in [0.2, 0.25) is 5.02 Å². The van der Waals surface area contributed by atoms with Gasteiger partial charge in [-0.05, 0) is 42.8 Å². The van der Waals surface area contributed by atoms with Gasteiger partial charge in [0.15, 0.2) is 11.6 Å². The largest absolute Gasteiger partial charge is 0.505 e. The van der Waals surface area contributed by atoms with Gasteiger partial charge in [-0.15, -0.1) is 0 Å². The van der Waals surface area contributed by atoms with E-state index in [0.29, 0.717) is 21.8 Å². The smallest absolute Gasteiger partial charge is 0.262 e. The molecule has 0 saturated heterocycles. The van der Waals surface area contributed by atoms with E-state index in [4.69, 9.17) is 11.6 Å². The van der Waals surface area contributed by atoms with Crippen LogP contribution in [0.3, 0.4) is 0 Å². The number of rotatable bonds is 3. The van der Waals surface area contributed by atoms with Crippen LogP contribution in [0.4, 0.5) is 4.39 Å². The van der Waals surface area contributed by atoms with Gasteiger partial charge in [-0.3, -0.25) is 14.2 Å². The summed E-state index contributed by atoms with van der Waals surface area (Å²) in [6.07, 6.45) is -0.116. The number of phenols is 1. The molecule has 0 radical (unpaired) electrons. The molecule has 3 rings (SSSR count). The normalized spacial score (nSPS) is 10.9. The Morgan fingerprint density at radius 2 is 2.00 bits per heavy atom. The molecule has 0 spiro atoms. The van der Waals surface area contributed by atoms with Gasteiger partial charge in [0.2, 0.25) is 5.91 Å². The highest BCUT2D eigenvalue weighted by Gasteiger charge is 2.24. The number of likely N-dealkylation sites (N-methyl/N-ethyl adjacent to an activating group) is 1. The van der Waals surface area contributed by atoms with Crippen molar-refractivity contribution >= 4 is 34.3 Å². The van der Waals surface area contributed by atoms with Gasteiger partial charge >= 0.3 is 0 Å². The second-order valence-corrected chi connectivity index (χ2v) is 6.29.